The van der Waals surface area contributed by atoms with Crippen LogP contribution in [0.15, 0.2) is 22.7 Å². The van der Waals surface area contributed by atoms with E-state index in [4.69, 9.17) is 16.7 Å². The number of rotatable bonds is 2. The van der Waals surface area contributed by atoms with Gasteiger partial charge >= 0.3 is 12.0 Å². The van der Waals surface area contributed by atoms with E-state index in [1.807, 2.05) is 0 Å². The first-order valence-corrected chi connectivity index (χ1v) is 6.99. The number of hydrogen-bond donors (Lipinski definition) is 3. The first kappa shape index (κ1) is 15.1. The lowest BCUT2D eigenvalue weighted by molar-refractivity contribution is -0.141. The summed E-state index contributed by atoms with van der Waals surface area (Å²) in [6.45, 7) is -0.0129. The Morgan fingerprint density at radius 2 is 2.15 bits per heavy atom. The van der Waals surface area contributed by atoms with E-state index in [-0.39, 0.29) is 13.0 Å². The number of benzene rings is 1. The van der Waals surface area contributed by atoms with Gasteiger partial charge in [0.15, 0.2) is 0 Å². The standard InChI is InChI=1S/C12H12BrClN2O4/c13-10-7(14)2-1-3-8(10)15-12(20)16-5-6(17)4-9(16)11(18)19/h1-3,6,9,17H,4-5H2,(H,15,20)(H,18,19)/t6-,9-/m1/s1. The molecule has 20 heavy (non-hydrogen) atoms. The number of nitrogens with one attached hydrogen (secondary N) is 1. The van der Waals surface area contributed by atoms with E-state index in [1.54, 1.807) is 18.2 Å². The quantitative estimate of drug-likeness (QED) is 0.751. The average Bonchev–Trinajstić information content (AvgIpc) is 2.77. The van der Waals surface area contributed by atoms with Crippen LogP contribution in [0.5, 0.6) is 0 Å². The first-order valence-electron chi connectivity index (χ1n) is 5.82. The van der Waals surface area contributed by atoms with Crippen LogP contribution in [0.3, 0.4) is 0 Å². The first-order chi connectivity index (χ1) is 9.40. The van der Waals surface area contributed by atoms with Crippen molar-refractivity contribution in [2.24, 2.45) is 0 Å². The van der Waals surface area contributed by atoms with Crippen molar-refractivity contribution < 1.29 is 19.8 Å². The third-order valence-electron chi connectivity index (χ3n) is 3.02. The van der Waals surface area contributed by atoms with E-state index in [2.05, 4.69) is 21.2 Å². The molecule has 1 saturated heterocycles. The number of β-amino-alcohol motifs (C(OH)–C–C–N with tert-alkyl or cyclic N) is 1. The van der Waals surface area contributed by atoms with Crippen LogP contribution in [0.25, 0.3) is 0 Å². The van der Waals surface area contributed by atoms with Crippen LogP contribution in [-0.2, 0) is 4.79 Å². The minimum atomic E-state index is -1.14. The zero-order chi connectivity index (χ0) is 14.9. The summed E-state index contributed by atoms with van der Waals surface area (Å²) < 4.78 is 0.515. The molecular formula is C12H12BrClN2O4. The lowest BCUT2D eigenvalue weighted by Crippen LogP contribution is -2.43. The molecular weight excluding hydrogens is 351 g/mol. The number of nitrogens with zero attached hydrogens (tertiary/aromatic N) is 1. The van der Waals surface area contributed by atoms with Crippen LogP contribution >= 0.6 is 27.5 Å². The molecule has 3 N–H and O–H groups in total. The number of hydrogen-bond acceptors (Lipinski definition) is 3. The number of anilines is 1. The van der Waals surface area contributed by atoms with Crippen LogP contribution in [-0.4, -0.2) is 45.8 Å². The summed E-state index contributed by atoms with van der Waals surface area (Å²) in [5.74, 6) is -1.14. The van der Waals surface area contributed by atoms with Gasteiger partial charge in [0.25, 0.3) is 0 Å². The molecule has 1 aliphatic heterocycles. The fraction of sp³-hybridized carbons (Fsp3) is 0.333. The predicted octanol–water partition coefficient (Wildman–Crippen LogP) is 2.15. The van der Waals surface area contributed by atoms with Crippen LogP contribution in [0.4, 0.5) is 10.5 Å². The average molecular weight is 364 g/mol. The number of aliphatic hydroxyl groups is 1. The highest BCUT2D eigenvalue weighted by atomic mass is 79.9. The topological polar surface area (TPSA) is 89.9 Å². The summed E-state index contributed by atoms with van der Waals surface area (Å²) >= 11 is 9.16. The Labute approximate surface area is 128 Å². The molecule has 1 aliphatic rings. The number of carboxylic acid groups (broad SMARTS) is 1. The molecule has 1 aromatic rings. The van der Waals surface area contributed by atoms with Crippen LogP contribution < -0.4 is 5.32 Å². The zero-order valence-corrected chi connectivity index (χ0v) is 12.6. The van der Waals surface area contributed by atoms with Gasteiger partial charge in [-0.25, -0.2) is 9.59 Å². The van der Waals surface area contributed by atoms with Gasteiger partial charge < -0.3 is 20.4 Å². The predicted molar refractivity (Wildman–Crippen MR) is 76.9 cm³/mol. The van der Waals surface area contributed by atoms with Gasteiger partial charge in [0.2, 0.25) is 0 Å². The molecule has 0 bridgehead atoms. The van der Waals surface area contributed by atoms with Crippen molar-refractivity contribution in [1.29, 1.82) is 0 Å². The van der Waals surface area contributed by atoms with Gasteiger partial charge in [-0.15, -0.1) is 0 Å². The molecule has 6 nitrogen and oxygen atoms in total. The van der Waals surface area contributed by atoms with Crippen molar-refractivity contribution in [1.82, 2.24) is 4.90 Å². The van der Waals surface area contributed by atoms with Crippen molar-refractivity contribution in [3.8, 4) is 0 Å². The van der Waals surface area contributed by atoms with Gasteiger partial charge in [0.1, 0.15) is 6.04 Å². The van der Waals surface area contributed by atoms with Crippen LogP contribution in [0, 0.1) is 0 Å². The third kappa shape index (κ3) is 3.05. The summed E-state index contributed by atoms with van der Waals surface area (Å²) in [5, 5.41) is 21.6. The molecule has 2 rings (SSSR count). The zero-order valence-electron chi connectivity index (χ0n) is 10.2. The van der Waals surface area contributed by atoms with Crippen LogP contribution in [0.1, 0.15) is 6.42 Å². The van der Waals surface area contributed by atoms with E-state index < -0.39 is 24.1 Å². The number of carboxylic acids is 1. The molecule has 0 radical (unpaired) electrons. The molecule has 2 amide bonds. The van der Waals surface area contributed by atoms with E-state index in [0.29, 0.717) is 15.2 Å². The van der Waals surface area contributed by atoms with Gasteiger partial charge in [-0.3, -0.25) is 0 Å². The largest absolute Gasteiger partial charge is 0.480 e. The Morgan fingerprint density at radius 3 is 2.80 bits per heavy atom. The maximum Gasteiger partial charge on any atom is 0.326 e. The number of halogens is 2. The number of urea groups is 1. The van der Waals surface area contributed by atoms with Crippen molar-refractivity contribution in [3.63, 3.8) is 0 Å². The van der Waals surface area contributed by atoms with E-state index in [1.165, 1.54) is 0 Å². The Hall–Kier alpha value is -1.31. The Balaban J connectivity index is 2.15. The van der Waals surface area contributed by atoms with Crippen LogP contribution in [0.2, 0.25) is 5.02 Å². The van der Waals surface area contributed by atoms with Gasteiger partial charge in [-0.2, -0.15) is 0 Å². The highest BCUT2D eigenvalue weighted by Gasteiger charge is 2.39. The molecule has 1 fully saturated rings. The molecule has 108 valence electrons. The monoisotopic (exact) mass is 362 g/mol. The normalized spacial score (nSPS) is 21.9. The molecule has 0 aromatic heterocycles. The summed E-state index contributed by atoms with van der Waals surface area (Å²) in [5.41, 5.74) is 0.438. The highest BCUT2D eigenvalue weighted by molar-refractivity contribution is 9.10. The third-order valence-corrected chi connectivity index (χ3v) is 4.42. The number of carbonyl (C=O) groups is 2. The van der Waals surface area contributed by atoms with Gasteiger partial charge in [0, 0.05) is 13.0 Å². The molecule has 2 atom stereocenters. The SMILES string of the molecule is O=C(O)[C@H]1C[C@@H](O)CN1C(=O)Nc1cccc(Cl)c1Br. The minimum Gasteiger partial charge on any atom is -0.480 e. The van der Waals surface area contributed by atoms with Crippen molar-refractivity contribution >= 4 is 45.2 Å². The summed E-state index contributed by atoms with van der Waals surface area (Å²) in [6, 6.07) is 3.34. The summed E-state index contributed by atoms with van der Waals surface area (Å²) in [7, 11) is 0. The number of aliphatic hydroxyl groups excluding tert-OH is 1. The second-order valence-electron chi connectivity index (χ2n) is 4.43. The Morgan fingerprint density at radius 1 is 1.45 bits per heavy atom. The molecule has 0 saturated carbocycles. The highest BCUT2D eigenvalue weighted by Crippen LogP contribution is 2.30. The van der Waals surface area contributed by atoms with Gasteiger partial charge in [0.05, 0.1) is 21.3 Å². The van der Waals surface area contributed by atoms with Crippen molar-refractivity contribution in [2.75, 3.05) is 11.9 Å². The van der Waals surface area contributed by atoms with E-state index in [9.17, 15) is 14.7 Å². The maximum atomic E-state index is 12.1. The van der Waals surface area contributed by atoms with E-state index in [0.717, 1.165) is 4.90 Å². The number of amides is 2. The fourth-order valence-electron chi connectivity index (χ4n) is 2.06. The second-order valence-corrected chi connectivity index (χ2v) is 5.63. The lowest BCUT2D eigenvalue weighted by atomic mass is 10.2. The molecule has 1 heterocycles. The van der Waals surface area contributed by atoms with Gasteiger partial charge in [-0.1, -0.05) is 17.7 Å². The maximum absolute atomic E-state index is 12.1. The molecule has 8 heteroatoms. The lowest BCUT2D eigenvalue weighted by Gasteiger charge is -2.22. The number of aliphatic carboxylic acids is 1. The minimum absolute atomic E-state index is 0.0129. The number of likely N-dealkylation sites (tertiary alicyclic amines) is 1. The Bertz CT molecular complexity index is 554. The molecule has 0 unspecified atom stereocenters. The molecule has 1 aromatic carbocycles. The van der Waals surface area contributed by atoms with Gasteiger partial charge in [-0.05, 0) is 28.1 Å². The van der Waals surface area contributed by atoms with Crippen molar-refractivity contribution in [2.45, 2.75) is 18.6 Å². The summed E-state index contributed by atoms with van der Waals surface area (Å²) in [4.78, 5) is 24.3. The Kier molecular flexibility index (Phi) is 4.52. The summed E-state index contributed by atoms with van der Waals surface area (Å²) in [6.07, 6.45) is -0.802. The second kappa shape index (κ2) is 5.99. The molecule has 0 aliphatic carbocycles. The van der Waals surface area contributed by atoms with E-state index >= 15 is 0 Å². The van der Waals surface area contributed by atoms with Crippen molar-refractivity contribution in [3.05, 3.63) is 27.7 Å². The number of carbonyl (C=O) groups excluding carboxylic acids is 1. The smallest absolute Gasteiger partial charge is 0.326 e. The molecule has 0 spiro atoms. The fourth-order valence-corrected chi connectivity index (χ4v) is 2.60.